The lowest BCUT2D eigenvalue weighted by Crippen LogP contribution is -2.02. The van der Waals surface area contributed by atoms with Crippen molar-refractivity contribution in [1.82, 2.24) is 4.98 Å². The molecule has 0 fully saturated rings. The quantitative estimate of drug-likeness (QED) is 0.510. The van der Waals surface area contributed by atoms with E-state index in [-0.39, 0.29) is 12.6 Å². The first-order chi connectivity index (χ1) is 5.84. The number of hydrogen-bond donors (Lipinski definition) is 0. The lowest BCUT2D eigenvalue weighted by Gasteiger charge is -1.94. The highest BCUT2D eigenvalue weighted by atomic mass is 32.1. The summed E-state index contributed by atoms with van der Waals surface area (Å²) in [4.78, 5) is 15.3. The van der Waals surface area contributed by atoms with E-state index >= 15 is 0 Å². The van der Waals surface area contributed by atoms with Gasteiger partial charge in [0.25, 0.3) is 0 Å². The zero-order chi connectivity index (χ0) is 8.81. The predicted octanol–water partition coefficient (Wildman–Crippen LogP) is 1.32. The number of ether oxygens (including phenoxy) is 1. The monoisotopic (exact) mass is 181 g/mol. The van der Waals surface area contributed by atoms with Gasteiger partial charge in [-0.25, -0.2) is 4.79 Å². The topological polar surface area (TPSA) is 39.2 Å². The van der Waals surface area contributed by atoms with Gasteiger partial charge < -0.3 is 4.74 Å². The second-order valence-corrected chi connectivity index (χ2v) is 2.75. The molecule has 0 saturated heterocycles. The summed E-state index contributed by atoms with van der Waals surface area (Å²) in [7, 11) is 0. The van der Waals surface area contributed by atoms with Gasteiger partial charge in [-0.1, -0.05) is 5.92 Å². The van der Waals surface area contributed by atoms with Crippen molar-refractivity contribution in [2.24, 2.45) is 0 Å². The standard InChI is InChI=1S/C8H7NO2S/c1-2-3-4-11-8(10)7-5-9-6-12-7/h5-6H,4H2,1H3. The molecule has 0 spiro atoms. The molecule has 0 aliphatic carbocycles. The molecule has 1 heterocycles. The summed E-state index contributed by atoms with van der Waals surface area (Å²) in [5.41, 5.74) is 1.59. The van der Waals surface area contributed by atoms with Crippen LogP contribution in [0.15, 0.2) is 11.7 Å². The van der Waals surface area contributed by atoms with Gasteiger partial charge in [0, 0.05) is 0 Å². The number of esters is 1. The highest BCUT2D eigenvalue weighted by molar-refractivity contribution is 7.11. The van der Waals surface area contributed by atoms with Gasteiger partial charge in [-0.15, -0.1) is 17.3 Å². The summed E-state index contributed by atoms with van der Waals surface area (Å²) in [5, 5.41) is 0. The highest BCUT2D eigenvalue weighted by Gasteiger charge is 2.06. The van der Waals surface area contributed by atoms with Gasteiger partial charge in [-0.2, -0.15) is 0 Å². The molecule has 0 aliphatic heterocycles. The fourth-order valence-electron chi connectivity index (χ4n) is 0.562. The van der Waals surface area contributed by atoms with Crippen LogP contribution in [0.1, 0.15) is 16.6 Å². The maximum atomic E-state index is 11.1. The van der Waals surface area contributed by atoms with E-state index in [0.717, 1.165) is 0 Å². The van der Waals surface area contributed by atoms with Crippen LogP contribution in [0.3, 0.4) is 0 Å². The van der Waals surface area contributed by atoms with Crippen LogP contribution < -0.4 is 0 Å². The summed E-state index contributed by atoms with van der Waals surface area (Å²) in [6.07, 6.45) is 1.48. The molecule has 12 heavy (non-hydrogen) atoms. The van der Waals surface area contributed by atoms with Crippen LogP contribution in [0.5, 0.6) is 0 Å². The second-order valence-electron chi connectivity index (χ2n) is 1.87. The minimum Gasteiger partial charge on any atom is -0.448 e. The molecule has 0 radical (unpaired) electrons. The van der Waals surface area contributed by atoms with E-state index in [4.69, 9.17) is 4.74 Å². The van der Waals surface area contributed by atoms with Crippen LogP contribution in [-0.4, -0.2) is 17.6 Å². The second kappa shape index (κ2) is 4.52. The Kier molecular flexibility index (Phi) is 3.30. The van der Waals surface area contributed by atoms with Crippen LogP contribution >= 0.6 is 11.3 Å². The lowest BCUT2D eigenvalue weighted by molar-refractivity contribution is 0.0562. The molecular formula is C8H7NO2S. The Morgan fingerprint density at radius 2 is 2.67 bits per heavy atom. The zero-order valence-electron chi connectivity index (χ0n) is 6.53. The van der Waals surface area contributed by atoms with Crippen LogP contribution in [0.2, 0.25) is 0 Å². The number of thiazole rings is 1. The first-order valence-electron chi connectivity index (χ1n) is 3.30. The highest BCUT2D eigenvalue weighted by Crippen LogP contribution is 2.06. The Balaban J connectivity index is 2.43. The molecular weight excluding hydrogens is 174 g/mol. The Morgan fingerprint density at radius 1 is 1.83 bits per heavy atom. The smallest absolute Gasteiger partial charge is 0.350 e. The number of nitrogens with zero attached hydrogens (tertiary/aromatic N) is 1. The number of carbonyl (C=O) groups excluding carboxylic acids is 1. The summed E-state index contributed by atoms with van der Waals surface area (Å²) in [5.74, 6) is 4.90. The van der Waals surface area contributed by atoms with E-state index in [1.54, 1.807) is 12.4 Å². The van der Waals surface area contributed by atoms with Crippen molar-refractivity contribution in [2.45, 2.75) is 6.92 Å². The molecule has 0 saturated carbocycles. The average Bonchev–Trinajstić information content (AvgIpc) is 2.56. The number of carbonyl (C=O) groups is 1. The molecule has 3 nitrogen and oxygen atoms in total. The Morgan fingerprint density at radius 3 is 3.25 bits per heavy atom. The number of aromatic nitrogens is 1. The Bertz CT molecular complexity index is 308. The summed E-state index contributed by atoms with van der Waals surface area (Å²) >= 11 is 1.26. The van der Waals surface area contributed by atoms with Gasteiger partial charge in [0.05, 0.1) is 11.7 Å². The fraction of sp³-hybridized carbons (Fsp3) is 0.250. The van der Waals surface area contributed by atoms with Gasteiger partial charge in [0.15, 0.2) is 6.61 Å². The molecule has 0 aromatic carbocycles. The van der Waals surface area contributed by atoms with E-state index in [1.165, 1.54) is 17.5 Å². The number of rotatable bonds is 2. The molecule has 0 unspecified atom stereocenters. The Labute approximate surface area is 74.4 Å². The van der Waals surface area contributed by atoms with Crippen molar-refractivity contribution < 1.29 is 9.53 Å². The van der Waals surface area contributed by atoms with E-state index in [1.807, 2.05) is 0 Å². The number of hydrogen-bond acceptors (Lipinski definition) is 4. The Hall–Kier alpha value is -1.34. The largest absolute Gasteiger partial charge is 0.448 e. The molecule has 0 atom stereocenters. The molecule has 0 N–H and O–H groups in total. The third kappa shape index (κ3) is 2.36. The van der Waals surface area contributed by atoms with Gasteiger partial charge in [0.1, 0.15) is 4.88 Å². The maximum absolute atomic E-state index is 11.1. The third-order valence-corrected chi connectivity index (χ3v) is 1.84. The first-order valence-corrected chi connectivity index (χ1v) is 4.18. The minimum atomic E-state index is -0.361. The minimum absolute atomic E-state index is 0.146. The lowest BCUT2D eigenvalue weighted by atomic mass is 10.5. The summed E-state index contributed by atoms with van der Waals surface area (Å²) in [6, 6.07) is 0. The van der Waals surface area contributed by atoms with Crippen molar-refractivity contribution in [3.8, 4) is 11.8 Å². The molecule has 4 heteroatoms. The first kappa shape index (κ1) is 8.75. The van der Waals surface area contributed by atoms with Crippen LogP contribution in [0.25, 0.3) is 0 Å². The predicted molar refractivity (Wildman–Crippen MR) is 45.8 cm³/mol. The molecule has 62 valence electrons. The molecule has 0 bridgehead atoms. The van der Waals surface area contributed by atoms with E-state index < -0.39 is 0 Å². The van der Waals surface area contributed by atoms with Crippen LogP contribution in [-0.2, 0) is 4.74 Å². The molecule has 1 aromatic heterocycles. The van der Waals surface area contributed by atoms with Gasteiger partial charge in [-0.05, 0) is 6.92 Å². The van der Waals surface area contributed by atoms with Crippen molar-refractivity contribution in [1.29, 1.82) is 0 Å². The van der Waals surface area contributed by atoms with Crippen molar-refractivity contribution in [2.75, 3.05) is 6.61 Å². The summed E-state index contributed by atoms with van der Waals surface area (Å²) < 4.78 is 4.78. The van der Waals surface area contributed by atoms with Crippen molar-refractivity contribution in [3.05, 3.63) is 16.6 Å². The molecule has 1 rings (SSSR count). The van der Waals surface area contributed by atoms with Crippen molar-refractivity contribution in [3.63, 3.8) is 0 Å². The van der Waals surface area contributed by atoms with E-state index in [0.29, 0.717) is 4.88 Å². The third-order valence-electron chi connectivity index (χ3n) is 1.09. The molecule has 0 amide bonds. The van der Waals surface area contributed by atoms with Crippen LogP contribution in [0, 0.1) is 11.8 Å². The fourth-order valence-corrected chi connectivity index (χ4v) is 1.07. The van der Waals surface area contributed by atoms with Crippen molar-refractivity contribution >= 4 is 17.3 Å². The SMILES string of the molecule is CC#CCOC(=O)c1cncs1. The van der Waals surface area contributed by atoms with Gasteiger partial charge in [0.2, 0.25) is 0 Å². The summed E-state index contributed by atoms with van der Waals surface area (Å²) in [6.45, 7) is 1.84. The normalized spacial score (nSPS) is 8.42. The van der Waals surface area contributed by atoms with Crippen LogP contribution in [0.4, 0.5) is 0 Å². The maximum Gasteiger partial charge on any atom is 0.350 e. The molecule has 1 aromatic rings. The average molecular weight is 181 g/mol. The van der Waals surface area contributed by atoms with E-state index in [9.17, 15) is 4.79 Å². The van der Waals surface area contributed by atoms with Gasteiger partial charge >= 0.3 is 5.97 Å². The van der Waals surface area contributed by atoms with E-state index in [2.05, 4.69) is 16.8 Å². The van der Waals surface area contributed by atoms with Gasteiger partial charge in [-0.3, -0.25) is 4.98 Å². The molecule has 0 aliphatic rings. The zero-order valence-corrected chi connectivity index (χ0v) is 7.35.